The number of allylic oxidation sites excluding steroid dienone is 4. The van der Waals surface area contributed by atoms with Crippen LogP contribution in [0.2, 0.25) is 0 Å². The fourth-order valence-electron chi connectivity index (χ4n) is 2.21. The number of hydrogen-bond donors (Lipinski definition) is 0. The maximum Gasteiger partial charge on any atom is 0.346 e. The molecule has 0 fully saturated rings. The fourth-order valence-corrected chi connectivity index (χ4v) is 6.95. The Labute approximate surface area is 154 Å². The van der Waals surface area contributed by atoms with Gasteiger partial charge in [-0.1, -0.05) is 23.3 Å². The molecular weight excluding hydrogens is 359 g/mol. The van der Waals surface area contributed by atoms with Gasteiger partial charge < -0.3 is 9.05 Å². The highest BCUT2D eigenvalue weighted by atomic mass is 32.2. The van der Waals surface area contributed by atoms with E-state index in [1.165, 1.54) is 5.57 Å². The van der Waals surface area contributed by atoms with Crippen LogP contribution in [-0.2, 0) is 23.4 Å². The molecule has 0 bridgehead atoms. The lowest BCUT2D eigenvalue weighted by atomic mass is 10.1. The van der Waals surface area contributed by atoms with Crippen molar-refractivity contribution in [3.8, 4) is 0 Å². The van der Waals surface area contributed by atoms with Crippen LogP contribution in [0.1, 0.15) is 67.7 Å². The molecule has 0 atom stereocenters. The lowest BCUT2D eigenvalue weighted by Gasteiger charge is -2.22. The predicted octanol–water partition coefficient (Wildman–Crippen LogP) is 5.48. The highest BCUT2D eigenvalue weighted by Gasteiger charge is 2.33. The molecule has 5 nitrogen and oxygen atoms in total. The Bertz CT molecular complexity index is 585. The molecule has 25 heavy (non-hydrogen) atoms. The Balaban J connectivity index is 4.74. The summed E-state index contributed by atoms with van der Waals surface area (Å²) >= 11 is 0. The largest absolute Gasteiger partial charge is 0.346 e. The standard InChI is InChI=1S/C18H35O5PS/c1-15(2)10-8-11-18(7)12-9-13-25(20,21)14-24(19,22-16(3)4)23-17(5)6/h10,12,16-17H,8-9,11,13-14H2,1-7H3/b18-12-. The van der Waals surface area contributed by atoms with Gasteiger partial charge >= 0.3 is 7.60 Å². The van der Waals surface area contributed by atoms with Gasteiger partial charge in [-0.3, -0.25) is 4.57 Å². The Morgan fingerprint density at radius 2 is 1.48 bits per heavy atom. The van der Waals surface area contributed by atoms with Crippen LogP contribution in [-0.4, -0.2) is 31.9 Å². The van der Waals surface area contributed by atoms with E-state index < -0.39 is 22.9 Å². The third-order valence-electron chi connectivity index (χ3n) is 3.11. The van der Waals surface area contributed by atoms with Crippen LogP contribution in [0.4, 0.5) is 0 Å². The molecule has 0 saturated carbocycles. The monoisotopic (exact) mass is 394 g/mol. The number of hydrogen-bond acceptors (Lipinski definition) is 5. The molecule has 0 heterocycles. The molecule has 0 aromatic carbocycles. The first-order valence-electron chi connectivity index (χ1n) is 8.80. The van der Waals surface area contributed by atoms with Gasteiger partial charge in [0.25, 0.3) is 0 Å². The average molecular weight is 395 g/mol. The molecule has 0 rings (SSSR count). The van der Waals surface area contributed by atoms with Crippen LogP contribution < -0.4 is 0 Å². The Kier molecular flexibility index (Phi) is 11.1. The smallest absolute Gasteiger partial charge is 0.305 e. The van der Waals surface area contributed by atoms with Crippen molar-refractivity contribution in [1.29, 1.82) is 0 Å². The molecule has 0 radical (unpaired) electrons. The summed E-state index contributed by atoms with van der Waals surface area (Å²) in [6.45, 7) is 13.0. The first kappa shape index (κ1) is 24.6. The summed E-state index contributed by atoms with van der Waals surface area (Å²) in [7, 11) is -7.19. The van der Waals surface area contributed by atoms with Gasteiger partial charge in [0.05, 0.1) is 18.0 Å². The van der Waals surface area contributed by atoms with Crippen LogP contribution in [0.15, 0.2) is 23.3 Å². The Morgan fingerprint density at radius 3 is 1.92 bits per heavy atom. The molecule has 0 amide bonds. The van der Waals surface area contributed by atoms with Crippen molar-refractivity contribution in [2.75, 3.05) is 11.2 Å². The third kappa shape index (κ3) is 13.4. The molecular formula is C18H35O5PS. The van der Waals surface area contributed by atoms with Gasteiger partial charge in [-0.25, -0.2) is 8.42 Å². The summed E-state index contributed by atoms with van der Waals surface area (Å²) in [5.74, 6) is -0.0557. The molecule has 0 saturated heterocycles. The van der Waals surface area contributed by atoms with Gasteiger partial charge in [0.2, 0.25) is 0 Å². The van der Waals surface area contributed by atoms with E-state index in [2.05, 4.69) is 19.9 Å². The van der Waals surface area contributed by atoms with Gasteiger partial charge in [-0.15, -0.1) is 0 Å². The lowest BCUT2D eigenvalue weighted by molar-refractivity contribution is 0.145. The summed E-state index contributed by atoms with van der Waals surface area (Å²) in [6.07, 6.45) is 5.65. The average Bonchev–Trinajstić information content (AvgIpc) is 2.33. The molecule has 7 heteroatoms. The van der Waals surface area contributed by atoms with Gasteiger partial charge in [-0.2, -0.15) is 0 Å². The van der Waals surface area contributed by atoms with E-state index in [4.69, 9.17) is 9.05 Å². The van der Waals surface area contributed by atoms with Gasteiger partial charge in [0, 0.05) is 0 Å². The second kappa shape index (κ2) is 11.3. The minimum absolute atomic E-state index is 0.0557. The lowest BCUT2D eigenvalue weighted by Crippen LogP contribution is -2.17. The van der Waals surface area contributed by atoms with Crippen molar-refractivity contribution in [1.82, 2.24) is 0 Å². The Hall–Kier alpha value is -0.420. The van der Waals surface area contributed by atoms with Crippen molar-refractivity contribution in [2.45, 2.75) is 79.9 Å². The van der Waals surface area contributed by atoms with E-state index in [9.17, 15) is 13.0 Å². The van der Waals surface area contributed by atoms with Crippen molar-refractivity contribution in [2.24, 2.45) is 0 Å². The van der Waals surface area contributed by atoms with Crippen molar-refractivity contribution in [3.63, 3.8) is 0 Å². The van der Waals surface area contributed by atoms with Crippen LogP contribution in [0, 0.1) is 0 Å². The van der Waals surface area contributed by atoms with Gasteiger partial charge in [0.15, 0.2) is 15.3 Å². The quantitative estimate of drug-likeness (QED) is 0.324. The van der Waals surface area contributed by atoms with E-state index in [0.29, 0.717) is 6.42 Å². The molecule has 0 aromatic rings. The van der Waals surface area contributed by atoms with E-state index in [1.54, 1.807) is 27.7 Å². The minimum atomic E-state index is -3.66. The third-order valence-corrected chi connectivity index (χ3v) is 8.29. The minimum Gasteiger partial charge on any atom is -0.305 e. The highest BCUT2D eigenvalue weighted by molar-refractivity contribution is 7.97. The molecule has 0 aromatic heterocycles. The number of sulfone groups is 1. The zero-order valence-corrected chi connectivity index (χ0v) is 18.5. The maximum absolute atomic E-state index is 12.7. The normalized spacial score (nSPS) is 13.6. The molecule has 0 aliphatic carbocycles. The first-order valence-corrected chi connectivity index (χ1v) is 12.4. The highest BCUT2D eigenvalue weighted by Crippen LogP contribution is 2.51. The predicted molar refractivity (Wildman–Crippen MR) is 106 cm³/mol. The van der Waals surface area contributed by atoms with Crippen LogP contribution >= 0.6 is 7.60 Å². The topological polar surface area (TPSA) is 69.7 Å². The van der Waals surface area contributed by atoms with Crippen molar-refractivity contribution in [3.05, 3.63) is 23.3 Å². The van der Waals surface area contributed by atoms with Crippen LogP contribution in [0.3, 0.4) is 0 Å². The molecule has 0 spiro atoms. The first-order chi connectivity index (χ1) is 11.4. The van der Waals surface area contributed by atoms with Gasteiger partial charge in [-0.05, 0) is 67.7 Å². The summed E-state index contributed by atoms with van der Waals surface area (Å²) in [5.41, 5.74) is 1.87. The molecule has 0 unspecified atom stereocenters. The summed E-state index contributed by atoms with van der Waals surface area (Å²) in [4.78, 5) is 0. The van der Waals surface area contributed by atoms with Crippen LogP contribution in [0.5, 0.6) is 0 Å². The molecule has 148 valence electrons. The summed E-state index contributed by atoms with van der Waals surface area (Å²) in [6, 6.07) is 0. The van der Waals surface area contributed by atoms with E-state index in [1.807, 2.05) is 13.0 Å². The molecule has 0 N–H and O–H groups in total. The number of rotatable bonds is 12. The Morgan fingerprint density at radius 1 is 0.960 bits per heavy atom. The summed E-state index contributed by atoms with van der Waals surface area (Å²) in [5, 5.41) is 0. The fraction of sp³-hybridized carbons (Fsp3) is 0.778. The van der Waals surface area contributed by atoms with E-state index >= 15 is 0 Å². The summed E-state index contributed by atoms with van der Waals surface area (Å²) < 4.78 is 48.0. The van der Waals surface area contributed by atoms with Crippen LogP contribution in [0.25, 0.3) is 0 Å². The van der Waals surface area contributed by atoms with Crippen molar-refractivity contribution < 1.29 is 22.0 Å². The zero-order valence-electron chi connectivity index (χ0n) is 16.7. The second-order valence-electron chi connectivity index (χ2n) is 7.16. The van der Waals surface area contributed by atoms with E-state index in [-0.39, 0.29) is 18.0 Å². The SMILES string of the molecule is CC(C)=CCC/C(C)=C\CCS(=O)(=O)CP(=O)(OC(C)C)OC(C)C. The van der Waals surface area contributed by atoms with E-state index in [0.717, 1.165) is 18.4 Å². The zero-order chi connectivity index (χ0) is 19.7. The molecule has 0 aliphatic rings. The molecule has 0 aliphatic heterocycles. The van der Waals surface area contributed by atoms with Crippen molar-refractivity contribution >= 4 is 17.4 Å². The second-order valence-corrected chi connectivity index (χ2v) is 11.7. The maximum atomic E-state index is 12.7. The van der Waals surface area contributed by atoms with Gasteiger partial charge in [0.1, 0.15) is 0 Å².